The first-order chi connectivity index (χ1) is 15.5. The number of carbonyl (C=O) groups is 1. The molecule has 0 saturated carbocycles. The number of fused-ring (bicyclic) bond motifs is 1. The molecule has 4 rings (SSSR count). The molecular weight excluding hydrogens is 411 g/mol. The van der Waals surface area contributed by atoms with Crippen molar-refractivity contribution in [3.63, 3.8) is 0 Å². The van der Waals surface area contributed by atoms with Crippen molar-refractivity contribution < 1.29 is 13.9 Å². The molecule has 0 saturated heterocycles. The van der Waals surface area contributed by atoms with E-state index < -0.39 is 11.9 Å². The number of halogens is 1. The van der Waals surface area contributed by atoms with Crippen LogP contribution in [-0.4, -0.2) is 40.5 Å². The van der Waals surface area contributed by atoms with Crippen molar-refractivity contribution in [2.24, 2.45) is 15.9 Å². The van der Waals surface area contributed by atoms with Gasteiger partial charge in [-0.3, -0.25) is 9.79 Å². The number of aromatic nitrogens is 2. The van der Waals surface area contributed by atoms with Crippen LogP contribution in [0.25, 0.3) is 5.69 Å². The van der Waals surface area contributed by atoms with Gasteiger partial charge in [-0.1, -0.05) is 18.2 Å². The minimum absolute atomic E-state index is 0.220. The largest absolute Gasteiger partial charge is 0.495 e. The van der Waals surface area contributed by atoms with Crippen LogP contribution in [0.5, 0.6) is 5.75 Å². The van der Waals surface area contributed by atoms with E-state index in [0.717, 1.165) is 16.9 Å². The third-order valence-corrected chi connectivity index (χ3v) is 5.32. The first kappa shape index (κ1) is 21.2. The summed E-state index contributed by atoms with van der Waals surface area (Å²) in [5, 5.41) is 6.47. The second-order valence-corrected chi connectivity index (χ2v) is 7.42. The fourth-order valence-electron chi connectivity index (χ4n) is 3.64. The number of ether oxygens (including phenoxy) is 1. The van der Waals surface area contributed by atoms with Gasteiger partial charge < -0.3 is 20.5 Å². The van der Waals surface area contributed by atoms with E-state index in [9.17, 15) is 9.18 Å². The zero-order valence-electron chi connectivity index (χ0n) is 17.7. The first-order valence-corrected chi connectivity index (χ1v) is 10.1. The normalized spacial score (nSPS) is 16.5. The van der Waals surface area contributed by atoms with Crippen LogP contribution in [-0.2, 0) is 11.2 Å². The molecule has 1 aromatic heterocycles. The summed E-state index contributed by atoms with van der Waals surface area (Å²) >= 11 is 0. The van der Waals surface area contributed by atoms with Gasteiger partial charge in [0.1, 0.15) is 23.3 Å². The van der Waals surface area contributed by atoms with E-state index in [-0.39, 0.29) is 11.6 Å². The third-order valence-electron chi connectivity index (χ3n) is 5.32. The molecule has 0 bridgehead atoms. The molecule has 1 aliphatic rings. The quantitative estimate of drug-likeness (QED) is 0.366. The third kappa shape index (κ3) is 4.22. The molecule has 0 aliphatic carbocycles. The maximum atomic E-state index is 14.1. The number of para-hydroxylation sites is 1. The van der Waals surface area contributed by atoms with E-state index in [2.05, 4.69) is 20.4 Å². The van der Waals surface area contributed by atoms with Crippen molar-refractivity contribution in [2.75, 3.05) is 12.4 Å². The van der Waals surface area contributed by atoms with E-state index in [1.807, 2.05) is 29.8 Å². The number of rotatable bonds is 5. The Morgan fingerprint density at radius 3 is 2.94 bits per heavy atom. The molecule has 9 heteroatoms. The van der Waals surface area contributed by atoms with Crippen LogP contribution in [0, 0.1) is 12.7 Å². The Labute approximate surface area is 184 Å². The number of hydrogen-bond donors (Lipinski definition) is 2. The van der Waals surface area contributed by atoms with Gasteiger partial charge in [0.2, 0.25) is 5.91 Å². The van der Waals surface area contributed by atoms with Crippen LogP contribution in [0.2, 0.25) is 0 Å². The molecular formula is C23H23FN6O2. The molecule has 1 atom stereocenters. The Morgan fingerprint density at radius 2 is 2.22 bits per heavy atom. The van der Waals surface area contributed by atoms with Gasteiger partial charge in [-0.15, -0.1) is 0 Å². The van der Waals surface area contributed by atoms with Gasteiger partial charge in [0, 0.05) is 11.8 Å². The van der Waals surface area contributed by atoms with Gasteiger partial charge in [-0.25, -0.2) is 9.37 Å². The lowest BCUT2D eigenvalue weighted by Gasteiger charge is -2.12. The Bertz CT molecular complexity index is 1220. The van der Waals surface area contributed by atoms with Crippen molar-refractivity contribution in [1.82, 2.24) is 9.55 Å². The van der Waals surface area contributed by atoms with E-state index >= 15 is 0 Å². The average molecular weight is 434 g/mol. The van der Waals surface area contributed by atoms with E-state index in [1.165, 1.54) is 12.3 Å². The van der Waals surface area contributed by atoms with E-state index in [4.69, 9.17) is 10.6 Å². The van der Waals surface area contributed by atoms with E-state index in [1.54, 1.807) is 31.6 Å². The number of aryl methyl sites for hydroxylation is 2. The molecule has 2 aromatic carbocycles. The van der Waals surface area contributed by atoms with E-state index in [0.29, 0.717) is 29.9 Å². The molecule has 0 fully saturated rings. The van der Waals surface area contributed by atoms with Gasteiger partial charge in [0.25, 0.3) is 0 Å². The summed E-state index contributed by atoms with van der Waals surface area (Å²) in [5.74, 6) is 5.39. The number of methoxy groups -OCH3 is 1. The first-order valence-electron chi connectivity index (χ1n) is 10.1. The molecule has 8 nitrogen and oxygen atoms in total. The minimum atomic E-state index is -0.686. The summed E-state index contributed by atoms with van der Waals surface area (Å²) in [7, 11) is 1.58. The number of nitrogens with zero attached hydrogens (tertiary/aromatic N) is 4. The SMILES string of the molecule is COc1cc(/C(C=NC2CCc3cccc(F)c3NC2=O)=N/N)ccc1-n1cnc(C)c1. The molecule has 1 aliphatic heterocycles. The molecule has 1 unspecified atom stereocenters. The van der Waals surface area contributed by atoms with Crippen molar-refractivity contribution in [3.05, 3.63) is 71.6 Å². The molecule has 3 N–H and O–H groups in total. The highest BCUT2D eigenvalue weighted by Crippen LogP contribution is 2.27. The fourth-order valence-corrected chi connectivity index (χ4v) is 3.64. The van der Waals surface area contributed by atoms with Crippen LogP contribution >= 0.6 is 0 Å². The number of benzene rings is 2. The number of anilines is 1. The van der Waals surface area contributed by atoms with Crippen molar-refractivity contribution >= 4 is 23.5 Å². The smallest absolute Gasteiger partial charge is 0.249 e. The van der Waals surface area contributed by atoms with Crippen LogP contribution in [0.1, 0.15) is 23.2 Å². The Balaban J connectivity index is 1.56. The molecule has 32 heavy (non-hydrogen) atoms. The van der Waals surface area contributed by atoms with Crippen LogP contribution in [0.15, 0.2) is 59.0 Å². The molecule has 164 valence electrons. The standard InChI is InChI=1S/C23H23FN6O2/c1-14-12-30(13-27-14)20-9-7-16(10-21(20)32-2)19(29-25)11-26-18-8-6-15-4-3-5-17(24)22(15)28-23(18)31/h3-5,7,9-13,18H,6,8,25H2,1-2H3,(H,28,31)/b26-11?,29-19+. The zero-order chi connectivity index (χ0) is 22.7. The van der Waals surface area contributed by atoms with Crippen LogP contribution < -0.4 is 15.9 Å². The number of amides is 1. The van der Waals surface area contributed by atoms with Gasteiger partial charge in [-0.05, 0) is 43.5 Å². The second kappa shape index (κ2) is 9.01. The molecule has 3 aromatic rings. The topological polar surface area (TPSA) is 107 Å². The number of aliphatic imine (C=N–C) groups is 1. The van der Waals surface area contributed by atoms with Crippen LogP contribution in [0.4, 0.5) is 10.1 Å². The van der Waals surface area contributed by atoms with Crippen LogP contribution in [0.3, 0.4) is 0 Å². The number of nitrogens with one attached hydrogen (secondary N) is 1. The summed E-state index contributed by atoms with van der Waals surface area (Å²) in [6.07, 6.45) is 6.03. The molecule has 0 spiro atoms. The van der Waals surface area contributed by atoms with Gasteiger partial charge in [0.05, 0.1) is 36.7 Å². The number of hydrazone groups is 1. The van der Waals surface area contributed by atoms with Gasteiger partial charge in [-0.2, -0.15) is 5.10 Å². The van der Waals surface area contributed by atoms with Crippen molar-refractivity contribution in [3.8, 4) is 11.4 Å². The number of hydrogen-bond acceptors (Lipinski definition) is 6. The number of nitrogens with two attached hydrogens (primary N) is 1. The lowest BCUT2D eigenvalue weighted by atomic mass is 10.1. The maximum Gasteiger partial charge on any atom is 0.249 e. The Kier molecular flexibility index (Phi) is 5.98. The Morgan fingerprint density at radius 1 is 1.38 bits per heavy atom. The Hall–Kier alpha value is -4.01. The molecule has 0 radical (unpaired) electrons. The van der Waals surface area contributed by atoms with Gasteiger partial charge in [0.15, 0.2) is 0 Å². The molecule has 1 amide bonds. The fraction of sp³-hybridized carbons (Fsp3) is 0.217. The zero-order valence-corrected chi connectivity index (χ0v) is 17.7. The highest BCUT2D eigenvalue weighted by Gasteiger charge is 2.24. The van der Waals surface area contributed by atoms with Crippen molar-refractivity contribution in [2.45, 2.75) is 25.8 Å². The monoisotopic (exact) mass is 434 g/mol. The summed E-state index contributed by atoms with van der Waals surface area (Å²) in [5.41, 5.74) is 3.73. The summed E-state index contributed by atoms with van der Waals surface area (Å²) < 4.78 is 21.5. The number of carbonyl (C=O) groups excluding carboxylic acids is 1. The summed E-state index contributed by atoms with van der Waals surface area (Å²) in [6, 6.07) is 9.56. The minimum Gasteiger partial charge on any atom is -0.495 e. The maximum absolute atomic E-state index is 14.1. The highest BCUT2D eigenvalue weighted by atomic mass is 19.1. The predicted molar refractivity (Wildman–Crippen MR) is 121 cm³/mol. The highest BCUT2D eigenvalue weighted by molar-refractivity contribution is 6.38. The molecule has 2 heterocycles. The number of imidazole rings is 1. The van der Waals surface area contributed by atoms with Gasteiger partial charge >= 0.3 is 0 Å². The average Bonchev–Trinajstić information content (AvgIpc) is 3.16. The predicted octanol–water partition coefficient (Wildman–Crippen LogP) is 3.02. The summed E-state index contributed by atoms with van der Waals surface area (Å²) in [4.78, 5) is 21.2. The lowest BCUT2D eigenvalue weighted by molar-refractivity contribution is -0.117. The lowest BCUT2D eigenvalue weighted by Crippen LogP contribution is -2.26. The van der Waals surface area contributed by atoms with Crippen molar-refractivity contribution in [1.29, 1.82) is 0 Å². The second-order valence-electron chi connectivity index (χ2n) is 7.42. The summed E-state index contributed by atoms with van der Waals surface area (Å²) in [6.45, 7) is 1.91.